The van der Waals surface area contributed by atoms with E-state index in [0.717, 1.165) is 83.2 Å². The molecule has 0 bridgehead atoms. The van der Waals surface area contributed by atoms with Gasteiger partial charge in [-0.05, 0) is 123 Å². The number of rotatable bonds is 23. The number of allylic oxidation sites excluding steroid dienone is 8. The summed E-state index contributed by atoms with van der Waals surface area (Å²) < 4.78 is 167. The van der Waals surface area contributed by atoms with E-state index in [1.54, 1.807) is 37.7 Å². The van der Waals surface area contributed by atoms with Crippen LogP contribution in [-0.2, 0) is 71.0 Å². The molecule has 33 heteroatoms. The molecule has 0 unspecified atom stereocenters. The van der Waals surface area contributed by atoms with Crippen molar-refractivity contribution in [3.8, 4) is 0 Å². The van der Waals surface area contributed by atoms with E-state index in [1.165, 1.54) is 16.3 Å². The number of carboxylic acids is 1. The van der Waals surface area contributed by atoms with E-state index in [-0.39, 0.29) is 75.4 Å². The van der Waals surface area contributed by atoms with Crippen LogP contribution in [0.5, 0.6) is 0 Å². The molecule has 1 fully saturated rings. The minimum absolute atomic E-state index is 0.0630. The first-order chi connectivity index (χ1) is 42.0. The molecule has 0 saturated carbocycles. The van der Waals surface area contributed by atoms with Gasteiger partial charge in [0.2, 0.25) is 5.69 Å². The Morgan fingerprint density at radius 2 is 1.33 bits per heavy atom. The van der Waals surface area contributed by atoms with Crippen molar-refractivity contribution in [2.24, 2.45) is 0 Å². The van der Waals surface area contributed by atoms with Gasteiger partial charge in [-0.25, -0.2) is 9.48 Å². The van der Waals surface area contributed by atoms with Crippen molar-refractivity contribution < 1.29 is 102 Å². The van der Waals surface area contributed by atoms with Gasteiger partial charge in [0.15, 0.2) is 5.71 Å². The zero-order valence-corrected chi connectivity index (χ0v) is 55.8. The highest BCUT2D eigenvalue weighted by Crippen LogP contribution is 2.50. The van der Waals surface area contributed by atoms with E-state index in [4.69, 9.17) is 29.1 Å². The van der Waals surface area contributed by atoms with Crippen LogP contribution in [0.15, 0.2) is 101 Å². The molecule has 1 aliphatic carbocycles. The first kappa shape index (κ1) is 76.9. The summed E-state index contributed by atoms with van der Waals surface area (Å²) in [6.45, 7) is 9.91. The molecule has 91 heavy (non-hydrogen) atoms. The molecule has 1 saturated heterocycles. The summed E-state index contributed by atoms with van der Waals surface area (Å²) in [6.07, 6.45) is 13.8. The third-order valence-corrected chi connectivity index (χ3v) is 17.9. The number of anilines is 2. The molecule has 3 heterocycles. The fourth-order valence-electron chi connectivity index (χ4n) is 11.1. The number of hydroxylamine groups is 2. The van der Waals surface area contributed by atoms with E-state index in [1.807, 2.05) is 60.1 Å². The van der Waals surface area contributed by atoms with Crippen molar-refractivity contribution in [1.82, 2.24) is 9.96 Å². The number of hydrogen-bond acceptors (Lipinski definition) is 15. The van der Waals surface area contributed by atoms with Gasteiger partial charge in [-0.2, -0.15) is 29.8 Å². The summed E-state index contributed by atoms with van der Waals surface area (Å²) in [7, 11) is -14.7. The van der Waals surface area contributed by atoms with Gasteiger partial charge < -0.3 is 32.2 Å². The lowest BCUT2D eigenvalue weighted by Crippen LogP contribution is -2.41. The monoisotopic (exact) mass is 1380 g/mol. The number of aliphatic carboxylic acids is 1. The van der Waals surface area contributed by atoms with Crippen LogP contribution in [0, 0.1) is 0 Å². The van der Waals surface area contributed by atoms with Gasteiger partial charge in [0, 0.05) is 90.5 Å². The Hall–Kier alpha value is -6.55. The maximum Gasteiger partial charge on any atom is 0.673 e. The number of carbonyl (C=O) groups is 3. The molecular weight excluding hydrogens is 1300 g/mol. The molecule has 0 spiro atoms. The number of imide groups is 1. The number of benzene rings is 3. The van der Waals surface area contributed by atoms with Crippen molar-refractivity contribution >= 4 is 117 Å². The number of amidine groups is 1. The van der Waals surface area contributed by atoms with Gasteiger partial charge in [0.05, 0.1) is 50.9 Å². The lowest BCUT2D eigenvalue weighted by molar-refractivity contribution is -0.484. The highest BCUT2D eigenvalue weighted by molar-refractivity contribution is 7.86. The SMILES string of the molecule is CC1(C)C(=CC=C2CCCC(C=CC3=[N+](CCCCCC(=O)O)c4ccc5ccccc5c4C3(C)C)=C2Cl)N(CCCS(=O)(=O)O)c2ccc(N(CCCS(=O)(=O)O)CCCS(=O)(=O)O)cc21.CN(C)C(ON1C(=O)CCC1=O)=[N+](C)C.F[B-](F)(F)F.O=S(=O)=O. The third-order valence-electron chi connectivity index (χ3n) is 15.0. The first-order valence-corrected chi connectivity index (χ1v) is 35.0. The Bertz CT molecular complexity index is 3790. The summed E-state index contributed by atoms with van der Waals surface area (Å²) in [6, 6.07) is 18.8. The van der Waals surface area contributed by atoms with Gasteiger partial charge in [-0.15, -0.1) is 12.6 Å². The molecule has 504 valence electrons. The Labute approximate surface area is 535 Å². The van der Waals surface area contributed by atoms with E-state index in [9.17, 15) is 75.7 Å². The highest BCUT2D eigenvalue weighted by atomic mass is 35.5. The number of fused-ring (bicyclic) bond motifs is 4. The maximum atomic E-state index is 11.8. The molecular formula is C58H79BClF4N6O17S4+. The van der Waals surface area contributed by atoms with Crippen molar-refractivity contribution in [3.05, 3.63) is 112 Å². The average molecular weight is 1380 g/mol. The number of unbranched alkanes of at least 4 members (excludes halogenated alkanes) is 2. The molecule has 7 rings (SSSR count). The van der Waals surface area contributed by atoms with Crippen LogP contribution < -0.4 is 9.80 Å². The predicted molar refractivity (Wildman–Crippen MR) is 340 cm³/mol. The number of amides is 2. The molecule has 2 amide bonds. The van der Waals surface area contributed by atoms with Crippen molar-refractivity contribution in [2.45, 2.75) is 116 Å². The van der Waals surface area contributed by atoms with Gasteiger partial charge in [-0.1, -0.05) is 66.9 Å². The quantitative estimate of drug-likeness (QED) is 0.0101. The predicted octanol–water partition coefficient (Wildman–Crippen LogP) is 8.89. The van der Waals surface area contributed by atoms with Crippen molar-refractivity contribution in [1.29, 1.82) is 0 Å². The van der Waals surface area contributed by atoms with Crippen LogP contribution in [-0.4, -0.2) is 184 Å². The summed E-state index contributed by atoms with van der Waals surface area (Å²) in [5.74, 6) is -2.79. The number of carbonyl (C=O) groups excluding carboxylic acids is 2. The van der Waals surface area contributed by atoms with Crippen LogP contribution in [0.2, 0.25) is 0 Å². The Balaban J connectivity index is 0.000000616. The normalized spacial score (nSPS) is 17.1. The molecule has 3 aliphatic heterocycles. The van der Waals surface area contributed by atoms with Crippen molar-refractivity contribution in [3.63, 3.8) is 0 Å². The van der Waals surface area contributed by atoms with Crippen molar-refractivity contribution in [2.75, 3.05) is 81.4 Å². The number of carboxylic acid groups (broad SMARTS) is 1. The molecule has 0 radical (unpaired) electrons. The second kappa shape index (κ2) is 32.8. The number of hydrogen-bond donors (Lipinski definition) is 4. The van der Waals surface area contributed by atoms with Crippen LogP contribution in [0.4, 0.5) is 34.3 Å². The molecule has 4 aliphatic rings. The Kier molecular flexibility index (Phi) is 27.7. The zero-order chi connectivity index (χ0) is 68.6. The van der Waals surface area contributed by atoms with E-state index in [2.05, 4.69) is 60.9 Å². The molecule has 4 N–H and O–H groups in total. The van der Waals surface area contributed by atoms with Crippen LogP contribution in [0.25, 0.3) is 10.8 Å². The lowest BCUT2D eigenvalue weighted by atomic mass is 9.79. The topological polar surface area (TPSA) is 314 Å². The van der Waals surface area contributed by atoms with Gasteiger partial charge in [0.25, 0.3) is 42.2 Å². The third kappa shape index (κ3) is 23.8. The Morgan fingerprint density at radius 3 is 1.87 bits per heavy atom. The summed E-state index contributed by atoms with van der Waals surface area (Å²) in [5, 5.41) is 13.0. The number of nitrogens with zero attached hydrogens (tertiary/aromatic N) is 6. The fourth-order valence-corrected chi connectivity index (χ4v) is 12.9. The van der Waals surface area contributed by atoms with Crippen LogP contribution in [0.1, 0.15) is 116 Å². The summed E-state index contributed by atoms with van der Waals surface area (Å²) in [4.78, 5) is 44.6. The van der Waals surface area contributed by atoms with Gasteiger partial charge in [0.1, 0.15) is 6.54 Å². The zero-order valence-electron chi connectivity index (χ0n) is 51.8. The minimum atomic E-state index is -6.00. The van der Waals surface area contributed by atoms with Gasteiger partial charge in [-0.3, -0.25) is 32.9 Å². The first-order valence-electron chi connectivity index (χ1n) is 28.8. The van der Waals surface area contributed by atoms with E-state index >= 15 is 0 Å². The molecule has 3 aromatic rings. The smallest absolute Gasteiger partial charge is 0.481 e. The van der Waals surface area contributed by atoms with E-state index in [0.29, 0.717) is 23.2 Å². The molecule has 3 aromatic carbocycles. The highest BCUT2D eigenvalue weighted by Gasteiger charge is 2.46. The van der Waals surface area contributed by atoms with Crippen LogP contribution >= 0.6 is 11.6 Å². The molecule has 23 nitrogen and oxygen atoms in total. The van der Waals surface area contributed by atoms with Crippen LogP contribution in [0.3, 0.4) is 0 Å². The Morgan fingerprint density at radius 1 is 0.769 bits per heavy atom. The van der Waals surface area contributed by atoms with Gasteiger partial charge >= 0.3 is 29.9 Å². The average Bonchev–Trinajstić information content (AvgIpc) is 1.59. The standard InChI is InChI=1S/C49H62ClN3O11S3.C9H16N3O3.BF4.O3S/c1-48(2)40-34-38(51(27-11-31-65(56,57)58)28-12-32-66(59,60)61)22-24-41(40)52(30-13-33-67(62,63)64)43(48)25-20-36-15-10-16-37(47(36)50)21-26-44-49(3,4)46-39-17-8-7-14-35(39)19-23-42(46)53(44)29-9-5-6-18-45(54)55;1-10(2)9(11(3)4)15-12-7(13)5-6-8(12)14;2-1(3,4)5;1-4(2)3/h7-8,14,17,19-26,34H,5-6,9-13,15-16,18,27-33H2,1-4H3,(H3-,54,55,56,57,58,59,60,61,62,63,64);5-6H2,1-4H3;;/q;+1;-1;/p+1. The second-order valence-electron chi connectivity index (χ2n) is 23.1. The summed E-state index contributed by atoms with van der Waals surface area (Å²) >= 11 is 7.30. The molecule has 0 atom stereocenters. The minimum Gasteiger partial charge on any atom is -0.481 e. The largest absolute Gasteiger partial charge is 0.673 e. The van der Waals surface area contributed by atoms with E-state index < -0.39 is 76.9 Å². The number of halogens is 5. The second-order valence-corrected chi connectivity index (χ2v) is 28.6. The summed E-state index contributed by atoms with van der Waals surface area (Å²) in [5.41, 5.74) is 7.65. The fraction of sp³-hybridized carbons (Fsp3) is 0.500. The molecule has 0 aromatic heterocycles. The lowest BCUT2D eigenvalue weighted by Gasteiger charge is -2.27. The maximum absolute atomic E-state index is 11.8.